The highest BCUT2D eigenvalue weighted by molar-refractivity contribution is 5.79. The summed E-state index contributed by atoms with van der Waals surface area (Å²) in [5, 5.41) is 162. The Labute approximate surface area is 516 Å². The van der Waals surface area contributed by atoms with E-state index in [9.17, 15) is 81.4 Å². The lowest BCUT2D eigenvalue weighted by Crippen LogP contribution is -2.66. The van der Waals surface area contributed by atoms with Crippen LogP contribution in [0.15, 0.2) is 11.6 Å². The van der Waals surface area contributed by atoms with Gasteiger partial charge in [-0.05, 0) is 116 Å². The lowest BCUT2D eigenvalue weighted by atomic mass is 9.33. The Balaban J connectivity index is 0.838. The first-order valence-corrected chi connectivity index (χ1v) is 31.7. The number of aliphatic hydroxyl groups excluding tert-OH is 15. The third-order valence-electron chi connectivity index (χ3n) is 23.6. The van der Waals surface area contributed by atoms with Crippen molar-refractivity contribution in [3.05, 3.63) is 11.6 Å². The molecule has 0 radical (unpaired) electrons. The minimum absolute atomic E-state index is 0.0997. The molecule has 33 atom stereocenters. The number of rotatable bonds is 15. The van der Waals surface area contributed by atoms with Crippen molar-refractivity contribution in [3.8, 4) is 0 Å². The van der Waals surface area contributed by atoms with Crippen molar-refractivity contribution in [3.63, 3.8) is 0 Å². The van der Waals surface area contributed by atoms with Crippen molar-refractivity contribution < 1.29 is 138 Å². The topological polar surface area (TPSA) is 439 Å². The van der Waals surface area contributed by atoms with Crippen LogP contribution in [0.4, 0.5) is 0 Å². The first kappa shape index (κ1) is 69.5. The molecule has 0 aromatic rings. The molecule has 3 unspecified atom stereocenters. The zero-order chi connectivity index (χ0) is 65.0. The van der Waals surface area contributed by atoms with Crippen molar-refractivity contribution in [2.75, 3.05) is 33.0 Å². The molecule has 28 nitrogen and oxygen atoms in total. The molecule has 10 rings (SSSR count). The SMILES string of the molecule is CC(=O)OC[C@H]1O[C@@H](OC[C@H]2O[C@@H](OC(=O)[C@]34CC[C@@](C)(CO)CC3C3=CCC5[C@@]6(C)CC[C@H](O[C@@H]7OC[C@H](O)[C@H](O)[C@H]7O[C@@H]7O[C@H](CO)[C@@H](O)[C@H](O)[C@H]7O)C(C)(C)C6CC[C@@]5(C)[C@]3(C)CC4)[C@H](O)[C@@H](O)[C@@H]2O)[C@H](O)[C@@H](O)[C@@H]1O[C@@H]1O[C@@H](C)[C@H](O)[C@@H](O)[C@H]1O. The highest BCUT2D eigenvalue weighted by Crippen LogP contribution is 2.76. The van der Waals surface area contributed by atoms with Crippen LogP contribution in [0.1, 0.15) is 120 Å². The van der Waals surface area contributed by atoms with Crippen molar-refractivity contribution >= 4 is 11.9 Å². The van der Waals surface area contributed by atoms with Gasteiger partial charge in [-0.25, -0.2) is 0 Å². The molecule has 0 bridgehead atoms. The van der Waals surface area contributed by atoms with Gasteiger partial charge in [0, 0.05) is 13.5 Å². The van der Waals surface area contributed by atoms with Gasteiger partial charge in [0.25, 0.3) is 0 Å². The number of hydrogen-bond acceptors (Lipinski definition) is 28. The van der Waals surface area contributed by atoms with E-state index in [1.807, 2.05) is 6.92 Å². The summed E-state index contributed by atoms with van der Waals surface area (Å²) in [4.78, 5) is 27.2. The van der Waals surface area contributed by atoms with Crippen LogP contribution in [0.3, 0.4) is 0 Å². The molecule has 5 heterocycles. The van der Waals surface area contributed by atoms with Crippen molar-refractivity contribution in [2.24, 2.45) is 50.2 Å². The highest BCUT2D eigenvalue weighted by Gasteiger charge is 2.70. The van der Waals surface area contributed by atoms with Gasteiger partial charge in [0.2, 0.25) is 6.29 Å². The van der Waals surface area contributed by atoms with Crippen LogP contribution in [0.2, 0.25) is 0 Å². The summed E-state index contributed by atoms with van der Waals surface area (Å²) in [5.41, 5.74) is -2.15. The lowest BCUT2D eigenvalue weighted by Gasteiger charge is -2.71. The predicted octanol–water partition coefficient (Wildman–Crippen LogP) is -3.00. The van der Waals surface area contributed by atoms with E-state index in [0.717, 1.165) is 31.8 Å². The van der Waals surface area contributed by atoms with Gasteiger partial charge in [0.05, 0.1) is 37.4 Å². The van der Waals surface area contributed by atoms with Crippen molar-refractivity contribution in [1.29, 1.82) is 0 Å². The second kappa shape index (κ2) is 26.0. The molecule has 0 aromatic carbocycles. The van der Waals surface area contributed by atoms with E-state index >= 15 is 4.79 Å². The maximum Gasteiger partial charge on any atom is 0.315 e. The second-order valence-corrected chi connectivity index (χ2v) is 29.1. The number of ether oxygens (including phenoxy) is 11. The summed E-state index contributed by atoms with van der Waals surface area (Å²) in [7, 11) is 0. The minimum Gasteiger partial charge on any atom is -0.463 e. The second-order valence-electron chi connectivity index (χ2n) is 29.1. The quantitative estimate of drug-likeness (QED) is 0.0441. The molecule has 9 fully saturated rings. The van der Waals surface area contributed by atoms with E-state index in [1.165, 1.54) is 6.92 Å². The summed E-state index contributed by atoms with van der Waals surface area (Å²) in [6.07, 6.45) is -31.5. The molecule has 0 spiro atoms. The molecule has 15 N–H and O–H groups in total. The fourth-order valence-electron chi connectivity index (χ4n) is 17.8. The summed E-state index contributed by atoms with van der Waals surface area (Å²) < 4.78 is 64.9. The molecule has 4 saturated carbocycles. The average Bonchev–Trinajstić information content (AvgIpc) is 0.682. The predicted molar refractivity (Wildman–Crippen MR) is 299 cm³/mol. The molecule has 510 valence electrons. The van der Waals surface area contributed by atoms with E-state index in [0.29, 0.717) is 44.9 Å². The summed E-state index contributed by atoms with van der Waals surface area (Å²) >= 11 is 0. The molecule has 5 saturated heterocycles. The summed E-state index contributed by atoms with van der Waals surface area (Å²) in [5.74, 6) is -1.63. The van der Waals surface area contributed by atoms with E-state index in [-0.39, 0.29) is 35.9 Å². The zero-order valence-corrected chi connectivity index (χ0v) is 51.9. The van der Waals surface area contributed by atoms with Gasteiger partial charge in [-0.3, -0.25) is 9.59 Å². The normalized spacial score (nSPS) is 53.2. The van der Waals surface area contributed by atoms with Gasteiger partial charge in [0.15, 0.2) is 25.2 Å². The first-order chi connectivity index (χ1) is 41.7. The lowest BCUT2D eigenvalue weighted by molar-refractivity contribution is -0.367. The third-order valence-corrected chi connectivity index (χ3v) is 23.6. The smallest absolute Gasteiger partial charge is 0.315 e. The van der Waals surface area contributed by atoms with Crippen LogP contribution in [0.25, 0.3) is 0 Å². The molecule has 0 aromatic heterocycles. The molecule has 5 aliphatic heterocycles. The Morgan fingerprint density at radius 3 is 1.83 bits per heavy atom. The van der Waals surface area contributed by atoms with E-state index in [1.54, 1.807) is 0 Å². The van der Waals surface area contributed by atoms with Crippen LogP contribution in [0, 0.1) is 50.2 Å². The standard InChI is InChI=1S/C61H98O28/c1-25-36(66)40(70)44(74)51(82-25)87-48-32(23-79-26(2)64)85-50(47(77)43(48)73)81-22-31-39(69)42(72)46(76)53(84-31)89-55(78)61-17-15-57(5,24-63)19-28(61)27-9-10-34-58(6)13-12-35(56(3,4)33(58)11-14-60(34,8)59(27,7)16-18-61)86-54-49(37(67)29(65)21-80-54)88-52-45(75)41(71)38(68)30(20-62)83-52/h9,25,28-54,62-63,65-77H,10-24H2,1-8H3/t25-,28?,29-,30+,31+,32+,33?,34?,35-,36-,37-,38+,39+,40+,41-,42-,43+,44+,45+,46+,47+,48+,49+,50+,51-,52-,53-,54-,57+,58-,59+,60+,61-/m0/s1. The molecule has 28 heteroatoms. The largest absolute Gasteiger partial charge is 0.463 e. The van der Waals surface area contributed by atoms with Gasteiger partial charge in [-0.1, -0.05) is 53.2 Å². The van der Waals surface area contributed by atoms with Gasteiger partial charge in [0.1, 0.15) is 116 Å². The number of esters is 2. The summed E-state index contributed by atoms with van der Waals surface area (Å²) in [6, 6.07) is 0. The highest BCUT2D eigenvalue weighted by atomic mass is 16.8. The Morgan fingerprint density at radius 2 is 1.17 bits per heavy atom. The number of aliphatic hydroxyl groups is 15. The van der Waals surface area contributed by atoms with E-state index in [2.05, 4.69) is 40.7 Å². The maximum atomic E-state index is 15.3. The Kier molecular flexibility index (Phi) is 20.3. The average molecular weight is 1280 g/mol. The number of fused-ring (bicyclic) bond motifs is 7. The molecule has 0 amide bonds. The number of carbonyl (C=O) groups excluding carboxylic acids is 2. The van der Waals surface area contributed by atoms with E-state index < -0.39 is 213 Å². The maximum absolute atomic E-state index is 15.3. The van der Waals surface area contributed by atoms with Crippen molar-refractivity contribution in [2.45, 2.75) is 273 Å². The molecule has 10 aliphatic rings. The monoisotopic (exact) mass is 1280 g/mol. The minimum atomic E-state index is -1.95. The zero-order valence-electron chi connectivity index (χ0n) is 51.9. The van der Waals surface area contributed by atoms with Gasteiger partial charge in [-0.15, -0.1) is 0 Å². The van der Waals surface area contributed by atoms with Crippen LogP contribution in [0.5, 0.6) is 0 Å². The Hall–Kier alpha value is -2.28. The van der Waals surface area contributed by atoms with Crippen LogP contribution >= 0.6 is 0 Å². The van der Waals surface area contributed by atoms with Gasteiger partial charge >= 0.3 is 11.9 Å². The Morgan fingerprint density at radius 1 is 0.573 bits per heavy atom. The fourth-order valence-corrected chi connectivity index (χ4v) is 17.8. The molecule has 5 aliphatic carbocycles. The Bertz CT molecular complexity index is 2510. The number of allylic oxidation sites excluding steroid dienone is 2. The molecular weight excluding hydrogens is 1180 g/mol. The van der Waals surface area contributed by atoms with Gasteiger partial charge in [-0.2, -0.15) is 0 Å². The van der Waals surface area contributed by atoms with E-state index in [4.69, 9.17) is 52.1 Å². The van der Waals surface area contributed by atoms with Crippen molar-refractivity contribution in [1.82, 2.24) is 0 Å². The molecular formula is C61H98O28. The number of carbonyl (C=O) groups is 2. The van der Waals surface area contributed by atoms with Gasteiger partial charge < -0.3 is 129 Å². The number of hydrogen-bond donors (Lipinski definition) is 15. The molecule has 89 heavy (non-hydrogen) atoms. The van der Waals surface area contributed by atoms with Crippen LogP contribution < -0.4 is 0 Å². The summed E-state index contributed by atoms with van der Waals surface area (Å²) in [6.45, 7) is 13.5. The fraction of sp³-hybridized carbons (Fsp3) is 0.934. The van der Waals surface area contributed by atoms with Crippen LogP contribution in [-0.4, -0.2) is 275 Å². The first-order valence-electron chi connectivity index (χ1n) is 31.7. The van der Waals surface area contributed by atoms with Crippen LogP contribution in [-0.2, 0) is 61.7 Å². The third kappa shape index (κ3) is 12.1.